The monoisotopic (exact) mass is 325 g/mol. The number of esters is 1. The Kier molecular flexibility index (Phi) is 4.59. The first kappa shape index (κ1) is 15.5. The molecule has 0 fully saturated rings. The molecule has 2 aromatic heterocycles. The lowest BCUT2D eigenvalue weighted by Crippen LogP contribution is -2.14. The van der Waals surface area contributed by atoms with Gasteiger partial charge in [0.25, 0.3) is 5.91 Å². The number of nitrogen functional groups attached to an aromatic ring is 1. The van der Waals surface area contributed by atoms with Crippen LogP contribution in [0.5, 0.6) is 0 Å². The third kappa shape index (κ3) is 3.40. The minimum atomic E-state index is -0.447. The Morgan fingerprint density at radius 3 is 2.67 bits per heavy atom. The molecule has 0 unspecified atom stereocenters. The van der Waals surface area contributed by atoms with Crippen LogP contribution in [0.1, 0.15) is 37.5 Å². The third-order valence-electron chi connectivity index (χ3n) is 2.60. The van der Waals surface area contributed by atoms with Crippen LogP contribution in [-0.2, 0) is 4.74 Å². The second-order valence-corrected chi connectivity index (χ2v) is 6.53. The number of hydrogen-bond acceptors (Lipinski definition) is 7. The molecule has 6 nitrogen and oxygen atoms in total. The van der Waals surface area contributed by atoms with E-state index in [1.165, 1.54) is 11.3 Å². The Morgan fingerprint density at radius 1 is 1.38 bits per heavy atom. The fourth-order valence-electron chi connectivity index (χ4n) is 1.76. The number of aromatic nitrogens is 1. The van der Waals surface area contributed by atoms with E-state index in [4.69, 9.17) is 10.5 Å². The van der Waals surface area contributed by atoms with Crippen molar-refractivity contribution in [1.29, 1.82) is 0 Å². The molecule has 2 aromatic rings. The molecular weight excluding hydrogens is 310 g/mol. The molecule has 8 heteroatoms. The van der Waals surface area contributed by atoms with Gasteiger partial charge in [0.05, 0.1) is 17.9 Å². The summed E-state index contributed by atoms with van der Waals surface area (Å²) in [6.07, 6.45) is 0. The van der Waals surface area contributed by atoms with E-state index in [1.807, 2.05) is 6.92 Å². The number of nitrogens with one attached hydrogen (secondary N) is 1. The maximum Gasteiger partial charge on any atom is 0.341 e. The van der Waals surface area contributed by atoms with Gasteiger partial charge < -0.3 is 15.8 Å². The number of anilines is 2. The number of aryl methyl sites for hydroxylation is 2. The summed E-state index contributed by atoms with van der Waals surface area (Å²) in [5.74, 6) is -0.771. The highest BCUT2D eigenvalue weighted by Gasteiger charge is 2.20. The van der Waals surface area contributed by atoms with Gasteiger partial charge in [0.15, 0.2) is 5.13 Å². The van der Waals surface area contributed by atoms with E-state index in [2.05, 4.69) is 10.3 Å². The van der Waals surface area contributed by atoms with Crippen LogP contribution in [0.25, 0.3) is 0 Å². The number of ether oxygens (including phenoxy) is 1. The van der Waals surface area contributed by atoms with Crippen LogP contribution in [0.4, 0.5) is 10.1 Å². The average Bonchev–Trinajstić information content (AvgIpc) is 2.92. The van der Waals surface area contributed by atoms with Crippen molar-refractivity contribution in [3.05, 3.63) is 27.1 Å². The first-order valence-corrected chi connectivity index (χ1v) is 7.87. The van der Waals surface area contributed by atoms with Crippen LogP contribution in [0, 0.1) is 13.8 Å². The van der Waals surface area contributed by atoms with Gasteiger partial charge in [-0.3, -0.25) is 4.79 Å². The van der Waals surface area contributed by atoms with Crippen molar-refractivity contribution < 1.29 is 14.3 Å². The number of nitrogens with zero attached hydrogens (tertiary/aromatic N) is 1. The van der Waals surface area contributed by atoms with Gasteiger partial charge in [-0.2, -0.15) is 0 Å². The van der Waals surface area contributed by atoms with Gasteiger partial charge in [0.1, 0.15) is 9.88 Å². The van der Waals surface area contributed by atoms with Crippen LogP contribution in [0.3, 0.4) is 0 Å². The van der Waals surface area contributed by atoms with Crippen LogP contribution < -0.4 is 11.1 Å². The predicted molar refractivity (Wildman–Crippen MR) is 84.2 cm³/mol. The predicted octanol–water partition coefficient (Wildman–Crippen LogP) is 2.83. The number of carbonyl (C=O) groups excluding carboxylic acids is 2. The van der Waals surface area contributed by atoms with E-state index in [0.29, 0.717) is 26.3 Å². The van der Waals surface area contributed by atoms with Gasteiger partial charge >= 0.3 is 5.97 Å². The second kappa shape index (κ2) is 6.23. The van der Waals surface area contributed by atoms with Crippen molar-refractivity contribution in [3.63, 3.8) is 0 Å². The number of rotatable bonds is 4. The number of thiophene rings is 1. The Balaban J connectivity index is 2.25. The smallest absolute Gasteiger partial charge is 0.341 e. The number of amides is 1. The third-order valence-corrected chi connectivity index (χ3v) is 4.55. The van der Waals surface area contributed by atoms with Crippen molar-refractivity contribution in [2.75, 3.05) is 17.7 Å². The van der Waals surface area contributed by atoms with E-state index >= 15 is 0 Å². The summed E-state index contributed by atoms with van der Waals surface area (Å²) < 4.78 is 4.98. The minimum absolute atomic E-state index is 0.283. The molecular formula is C13H15N3O3S2. The summed E-state index contributed by atoms with van der Waals surface area (Å²) in [5, 5.41) is 3.55. The van der Waals surface area contributed by atoms with Gasteiger partial charge in [-0.15, -0.1) is 11.3 Å². The zero-order chi connectivity index (χ0) is 15.6. The highest BCUT2D eigenvalue weighted by Crippen LogP contribution is 2.30. The molecule has 0 aromatic carbocycles. The SMILES string of the molecule is CCOC(=O)c1cc(C)sc1NC(=O)c1sc(N)nc1C. The molecule has 2 rings (SSSR count). The minimum Gasteiger partial charge on any atom is -0.462 e. The summed E-state index contributed by atoms with van der Waals surface area (Å²) in [5.41, 5.74) is 6.52. The van der Waals surface area contributed by atoms with Crippen molar-refractivity contribution >= 4 is 44.7 Å². The molecule has 0 aliphatic carbocycles. The largest absolute Gasteiger partial charge is 0.462 e. The summed E-state index contributed by atoms with van der Waals surface area (Å²) in [7, 11) is 0. The molecule has 21 heavy (non-hydrogen) atoms. The molecule has 0 aliphatic rings. The summed E-state index contributed by atoms with van der Waals surface area (Å²) in [4.78, 5) is 29.5. The molecule has 0 spiro atoms. The molecule has 0 saturated heterocycles. The Labute approximate surface area is 130 Å². The summed E-state index contributed by atoms with van der Waals surface area (Å²) >= 11 is 2.44. The lowest BCUT2D eigenvalue weighted by Gasteiger charge is -2.05. The van der Waals surface area contributed by atoms with Gasteiger partial charge in [-0.05, 0) is 26.8 Å². The van der Waals surface area contributed by atoms with Crippen LogP contribution in [-0.4, -0.2) is 23.5 Å². The number of carbonyl (C=O) groups is 2. The van der Waals surface area contributed by atoms with E-state index in [9.17, 15) is 9.59 Å². The Morgan fingerprint density at radius 2 is 2.10 bits per heavy atom. The number of hydrogen-bond donors (Lipinski definition) is 2. The fourth-order valence-corrected chi connectivity index (χ4v) is 3.38. The fraction of sp³-hybridized carbons (Fsp3) is 0.308. The van der Waals surface area contributed by atoms with Gasteiger partial charge in [-0.1, -0.05) is 11.3 Å². The van der Waals surface area contributed by atoms with Crippen LogP contribution in [0.2, 0.25) is 0 Å². The Hall–Kier alpha value is -1.93. The van der Waals surface area contributed by atoms with Crippen molar-refractivity contribution in [3.8, 4) is 0 Å². The van der Waals surface area contributed by atoms with Crippen LogP contribution >= 0.6 is 22.7 Å². The van der Waals surface area contributed by atoms with E-state index < -0.39 is 5.97 Å². The highest BCUT2D eigenvalue weighted by atomic mass is 32.1. The second-order valence-electron chi connectivity index (χ2n) is 4.24. The summed E-state index contributed by atoms with van der Waals surface area (Å²) in [6, 6.07) is 1.70. The molecule has 0 atom stereocenters. The Bertz CT molecular complexity index is 691. The topological polar surface area (TPSA) is 94.3 Å². The molecule has 0 aliphatic heterocycles. The molecule has 1 amide bonds. The quantitative estimate of drug-likeness (QED) is 0.843. The van der Waals surface area contributed by atoms with Gasteiger partial charge in [-0.25, -0.2) is 9.78 Å². The molecule has 2 heterocycles. The zero-order valence-corrected chi connectivity index (χ0v) is 13.5. The highest BCUT2D eigenvalue weighted by molar-refractivity contribution is 7.18. The zero-order valence-electron chi connectivity index (χ0n) is 11.9. The first-order chi connectivity index (χ1) is 9.92. The maximum absolute atomic E-state index is 12.2. The van der Waals surface area contributed by atoms with Crippen molar-refractivity contribution in [2.45, 2.75) is 20.8 Å². The van der Waals surface area contributed by atoms with E-state index in [1.54, 1.807) is 19.9 Å². The molecule has 0 saturated carbocycles. The van der Waals surface area contributed by atoms with Crippen LogP contribution in [0.15, 0.2) is 6.07 Å². The van der Waals surface area contributed by atoms with E-state index in [0.717, 1.165) is 16.2 Å². The standard InChI is InChI=1S/C13H15N3O3S2/c1-4-19-12(18)8-5-6(2)20-11(8)16-10(17)9-7(3)15-13(14)21-9/h5H,4H2,1-3H3,(H2,14,15)(H,16,17). The number of nitrogens with two attached hydrogens (primary N) is 1. The molecule has 0 bridgehead atoms. The maximum atomic E-state index is 12.2. The normalized spacial score (nSPS) is 10.4. The van der Waals surface area contributed by atoms with E-state index in [-0.39, 0.29) is 12.5 Å². The number of thiazole rings is 1. The summed E-state index contributed by atoms with van der Waals surface area (Å²) in [6.45, 7) is 5.59. The molecule has 3 N–H and O–H groups in total. The molecule has 0 radical (unpaired) electrons. The lowest BCUT2D eigenvalue weighted by molar-refractivity contribution is 0.0528. The van der Waals surface area contributed by atoms with Crippen molar-refractivity contribution in [1.82, 2.24) is 4.98 Å². The lowest BCUT2D eigenvalue weighted by atomic mass is 10.3. The van der Waals surface area contributed by atoms with Crippen molar-refractivity contribution in [2.24, 2.45) is 0 Å². The molecule has 112 valence electrons. The van der Waals surface area contributed by atoms with Gasteiger partial charge in [0, 0.05) is 4.88 Å². The first-order valence-electron chi connectivity index (χ1n) is 6.24. The van der Waals surface area contributed by atoms with Gasteiger partial charge in [0.2, 0.25) is 0 Å². The average molecular weight is 325 g/mol.